The lowest BCUT2D eigenvalue weighted by atomic mass is 9.62. The van der Waals surface area contributed by atoms with Crippen molar-refractivity contribution in [3.05, 3.63) is 59.4 Å². The molecule has 3 heteroatoms. The van der Waals surface area contributed by atoms with Gasteiger partial charge in [-0.1, -0.05) is 49.8 Å². The van der Waals surface area contributed by atoms with E-state index in [0.717, 1.165) is 37.5 Å². The number of alkyl halides is 1. The number of hydrogen-bond donors (Lipinski definition) is 2. The Morgan fingerprint density at radius 2 is 2.19 bits per heavy atom. The van der Waals surface area contributed by atoms with E-state index in [1.807, 2.05) is 12.2 Å². The minimum atomic E-state index is -1.13. The van der Waals surface area contributed by atoms with Gasteiger partial charge in [-0.3, -0.25) is 0 Å². The van der Waals surface area contributed by atoms with Gasteiger partial charge in [0.1, 0.15) is 6.17 Å². The fraction of sp³-hybridized carbons (Fsp3) is 0.583. The first-order valence-corrected chi connectivity index (χ1v) is 10.3. The second kappa shape index (κ2) is 8.18. The largest absolute Gasteiger partial charge is 0.516 e. The molecular formula is C24H33FO2. The van der Waals surface area contributed by atoms with E-state index in [2.05, 4.69) is 32.6 Å². The van der Waals surface area contributed by atoms with E-state index in [1.165, 1.54) is 17.6 Å². The van der Waals surface area contributed by atoms with Crippen LogP contribution in [0.5, 0.6) is 0 Å². The molecular weight excluding hydrogens is 339 g/mol. The third kappa shape index (κ3) is 3.99. The Morgan fingerprint density at radius 3 is 2.93 bits per heavy atom. The van der Waals surface area contributed by atoms with Crippen LogP contribution in [0, 0.1) is 17.3 Å². The van der Waals surface area contributed by atoms with Crippen LogP contribution in [0.2, 0.25) is 0 Å². The number of hydrogen-bond acceptors (Lipinski definition) is 2. The summed E-state index contributed by atoms with van der Waals surface area (Å²) in [7, 11) is 0. The molecule has 0 aliphatic heterocycles. The Balaban J connectivity index is 1.80. The average molecular weight is 373 g/mol. The fourth-order valence-electron chi connectivity index (χ4n) is 5.44. The molecule has 2 unspecified atom stereocenters. The molecule has 2 N–H and O–H groups in total. The highest BCUT2D eigenvalue weighted by molar-refractivity contribution is 5.40. The Labute approximate surface area is 162 Å². The SMILES string of the molecule is C=C1/C(=C\C=C2/CCC[C@]3(C)C([C@@H](C)C/C=C/O)=CCC23)CC(O)C[C@@H]1F. The molecule has 148 valence electrons. The number of halogens is 1. The molecule has 2 nitrogen and oxygen atoms in total. The van der Waals surface area contributed by atoms with Gasteiger partial charge in [0.2, 0.25) is 0 Å². The van der Waals surface area contributed by atoms with Crippen LogP contribution in [0.15, 0.2) is 59.4 Å². The van der Waals surface area contributed by atoms with Crippen LogP contribution in [-0.4, -0.2) is 22.5 Å². The minimum Gasteiger partial charge on any atom is -0.516 e. The van der Waals surface area contributed by atoms with Crippen LogP contribution in [-0.2, 0) is 0 Å². The lowest BCUT2D eigenvalue weighted by Crippen LogP contribution is -2.32. The number of fused-ring (bicyclic) bond motifs is 1. The van der Waals surface area contributed by atoms with Gasteiger partial charge >= 0.3 is 0 Å². The fourth-order valence-corrected chi connectivity index (χ4v) is 5.44. The molecule has 2 fully saturated rings. The maximum absolute atomic E-state index is 14.0. The maximum atomic E-state index is 14.0. The van der Waals surface area contributed by atoms with Crippen LogP contribution >= 0.6 is 0 Å². The summed E-state index contributed by atoms with van der Waals surface area (Å²) in [6, 6.07) is 0. The van der Waals surface area contributed by atoms with Crippen LogP contribution in [0.4, 0.5) is 4.39 Å². The summed E-state index contributed by atoms with van der Waals surface area (Å²) in [5.41, 5.74) is 4.52. The van der Waals surface area contributed by atoms with Crippen molar-refractivity contribution in [3.8, 4) is 0 Å². The summed E-state index contributed by atoms with van der Waals surface area (Å²) >= 11 is 0. The Kier molecular flexibility index (Phi) is 6.10. The summed E-state index contributed by atoms with van der Waals surface area (Å²) < 4.78 is 14.0. The molecule has 3 aliphatic rings. The normalized spacial score (nSPS) is 38.4. The van der Waals surface area contributed by atoms with E-state index in [4.69, 9.17) is 5.11 Å². The van der Waals surface area contributed by atoms with E-state index < -0.39 is 12.3 Å². The molecule has 2 saturated carbocycles. The van der Waals surface area contributed by atoms with Crippen LogP contribution in [0.3, 0.4) is 0 Å². The minimum absolute atomic E-state index is 0.168. The molecule has 0 heterocycles. The first kappa shape index (κ1) is 20.1. The van der Waals surface area contributed by atoms with Gasteiger partial charge in [0.05, 0.1) is 12.4 Å². The molecule has 3 aliphatic carbocycles. The maximum Gasteiger partial charge on any atom is 0.127 e. The zero-order valence-corrected chi connectivity index (χ0v) is 16.6. The zero-order valence-electron chi connectivity index (χ0n) is 16.6. The standard InChI is InChI=1S/C24H33FO2/c1-16(6-5-13-26)21-10-11-22-18(7-4-12-24(21,22)3)8-9-19-14-20(27)15-23(25)17(19)2/h5,8-10,13,16,20,22-23,26-27H,2,4,6-7,11-12,14-15H2,1,3H3/b13-5+,18-8+,19-9-/t16-,20?,22?,23-,24+/m0/s1. The Bertz CT molecular complexity index is 699. The summed E-state index contributed by atoms with van der Waals surface area (Å²) in [5.74, 6) is 0.934. The van der Waals surface area contributed by atoms with Gasteiger partial charge in [-0.2, -0.15) is 0 Å². The van der Waals surface area contributed by atoms with Crippen molar-refractivity contribution in [2.45, 2.75) is 71.1 Å². The van der Waals surface area contributed by atoms with E-state index in [1.54, 1.807) is 0 Å². The monoisotopic (exact) mass is 372 g/mol. The Morgan fingerprint density at radius 1 is 1.41 bits per heavy atom. The van der Waals surface area contributed by atoms with E-state index in [0.29, 0.717) is 23.8 Å². The van der Waals surface area contributed by atoms with Crippen molar-refractivity contribution < 1.29 is 14.6 Å². The summed E-state index contributed by atoms with van der Waals surface area (Å²) in [4.78, 5) is 0. The third-order valence-corrected chi connectivity index (χ3v) is 6.96. The highest BCUT2D eigenvalue weighted by atomic mass is 19.1. The molecule has 0 aromatic carbocycles. The molecule has 27 heavy (non-hydrogen) atoms. The van der Waals surface area contributed by atoms with Crippen LogP contribution in [0.25, 0.3) is 0 Å². The lowest BCUT2D eigenvalue weighted by molar-refractivity contribution is 0.124. The molecule has 3 rings (SSSR count). The molecule has 0 aromatic heterocycles. The summed E-state index contributed by atoms with van der Waals surface area (Å²) in [6.07, 6.45) is 13.9. The van der Waals surface area contributed by atoms with Crippen molar-refractivity contribution in [1.29, 1.82) is 0 Å². The molecule has 0 bridgehead atoms. The van der Waals surface area contributed by atoms with Gasteiger partial charge < -0.3 is 10.2 Å². The molecule has 0 radical (unpaired) electrons. The second-order valence-electron chi connectivity index (χ2n) is 8.76. The van der Waals surface area contributed by atoms with Crippen molar-refractivity contribution in [3.63, 3.8) is 0 Å². The topological polar surface area (TPSA) is 40.5 Å². The smallest absolute Gasteiger partial charge is 0.127 e. The predicted octanol–water partition coefficient (Wildman–Crippen LogP) is 6.12. The van der Waals surface area contributed by atoms with Crippen molar-refractivity contribution in [2.75, 3.05) is 0 Å². The number of rotatable bonds is 4. The number of aliphatic hydroxyl groups is 2. The van der Waals surface area contributed by atoms with Gasteiger partial charge in [-0.05, 0) is 73.0 Å². The lowest BCUT2D eigenvalue weighted by Gasteiger charge is -2.42. The number of aliphatic hydroxyl groups excluding tert-OH is 2. The van der Waals surface area contributed by atoms with Gasteiger partial charge in [0, 0.05) is 6.42 Å². The van der Waals surface area contributed by atoms with Crippen LogP contribution in [0.1, 0.15) is 58.8 Å². The van der Waals surface area contributed by atoms with E-state index in [9.17, 15) is 9.50 Å². The van der Waals surface area contributed by atoms with E-state index in [-0.39, 0.29) is 11.8 Å². The molecule has 0 saturated heterocycles. The van der Waals surface area contributed by atoms with Crippen molar-refractivity contribution >= 4 is 0 Å². The highest BCUT2D eigenvalue weighted by Crippen LogP contribution is 2.56. The van der Waals surface area contributed by atoms with Gasteiger partial charge in [-0.25, -0.2) is 4.39 Å². The predicted molar refractivity (Wildman–Crippen MR) is 109 cm³/mol. The van der Waals surface area contributed by atoms with Gasteiger partial charge in [0.15, 0.2) is 0 Å². The quantitative estimate of drug-likeness (QED) is 0.461. The van der Waals surface area contributed by atoms with Crippen LogP contribution < -0.4 is 0 Å². The average Bonchev–Trinajstić information content (AvgIpc) is 2.99. The van der Waals surface area contributed by atoms with Crippen molar-refractivity contribution in [2.24, 2.45) is 17.3 Å². The molecule has 5 atom stereocenters. The highest BCUT2D eigenvalue weighted by Gasteiger charge is 2.45. The van der Waals surface area contributed by atoms with Gasteiger partial charge in [-0.15, -0.1) is 0 Å². The van der Waals surface area contributed by atoms with Gasteiger partial charge in [0.25, 0.3) is 0 Å². The molecule has 0 amide bonds. The van der Waals surface area contributed by atoms with Crippen molar-refractivity contribution in [1.82, 2.24) is 0 Å². The van der Waals surface area contributed by atoms with E-state index >= 15 is 0 Å². The number of allylic oxidation sites excluding steroid dienone is 7. The third-order valence-electron chi connectivity index (χ3n) is 6.96. The first-order chi connectivity index (χ1) is 12.9. The molecule has 0 aromatic rings. The zero-order chi connectivity index (χ0) is 19.6. The summed E-state index contributed by atoms with van der Waals surface area (Å²) in [6.45, 7) is 8.53. The Hall–Kier alpha value is -1.61. The summed E-state index contributed by atoms with van der Waals surface area (Å²) in [5, 5.41) is 18.9. The second-order valence-corrected chi connectivity index (χ2v) is 8.76. The first-order valence-electron chi connectivity index (χ1n) is 10.3. The molecule has 0 spiro atoms.